The SMILES string of the molecule is CC.N/C(=N\O)c1cccc(C#Cc2cc(NSc3cc(F)cc(F)c3)nc3ccccc23)c1. The standard InChI is InChI=1S/C24H16F2N4OS.C2H6/c25-18-12-19(26)14-20(13-18)32-30-23-11-16(21-6-1-2-7-22(21)28-23)9-8-15-4-3-5-17(10-15)24(27)29-31;1-2/h1-7,10-14,31H,(H2,27,29)(H,28,30);1-2H3. The summed E-state index contributed by atoms with van der Waals surface area (Å²) in [6.45, 7) is 4.00. The van der Waals surface area contributed by atoms with Crippen LogP contribution in [0.1, 0.15) is 30.5 Å². The van der Waals surface area contributed by atoms with Gasteiger partial charge in [-0.3, -0.25) is 0 Å². The number of hydrogen-bond donors (Lipinski definition) is 3. The molecule has 0 amide bonds. The molecule has 0 aliphatic carbocycles. The molecule has 4 aromatic rings. The lowest BCUT2D eigenvalue weighted by atomic mass is 10.1. The van der Waals surface area contributed by atoms with Gasteiger partial charge in [-0.15, -0.1) is 0 Å². The van der Waals surface area contributed by atoms with Crippen LogP contribution in [0.4, 0.5) is 14.6 Å². The van der Waals surface area contributed by atoms with Crippen molar-refractivity contribution >= 4 is 34.5 Å². The highest BCUT2D eigenvalue weighted by Crippen LogP contribution is 2.25. The highest BCUT2D eigenvalue weighted by Gasteiger charge is 2.07. The molecule has 3 aromatic carbocycles. The maximum atomic E-state index is 13.4. The van der Waals surface area contributed by atoms with Crippen LogP contribution in [0.3, 0.4) is 0 Å². The monoisotopic (exact) mass is 476 g/mol. The highest BCUT2D eigenvalue weighted by molar-refractivity contribution is 8.00. The van der Waals surface area contributed by atoms with Gasteiger partial charge >= 0.3 is 0 Å². The molecule has 8 heteroatoms. The summed E-state index contributed by atoms with van der Waals surface area (Å²) in [5, 5.41) is 12.7. The van der Waals surface area contributed by atoms with Crippen LogP contribution in [0.25, 0.3) is 10.9 Å². The lowest BCUT2D eigenvalue weighted by Gasteiger charge is -2.08. The fourth-order valence-electron chi connectivity index (χ4n) is 2.98. The van der Waals surface area contributed by atoms with E-state index in [-0.39, 0.29) is 5.84 Å². The molecule has 0 fully saturated rings. The molecule has 4 N–H and O–H groups in total. The topological polar surface area (TPSA) is 83.5 Å². The molecule has 0 unspecified atom stereocenters. The van der Waals surface area contributed by atoms with Gasteiger partial charge in [0, 0.05) is 33.0 Å². The Morgan fingerprint density at radius 2 is 1.71 bits per heavy atom. The van der Waals surface area contributed by atoms with E-state index in [1.807, 2.05) is 44.2 Å². The first-order valence-electron chi connectivity index (χ1n) is 10.4. The number of fused-ring (bicyclic) bond motifs is 1. The van der Waals surface area contributed by atoms with E-state index in [4.69, 9.17) is 10.9 Å². The number of amidine groups is 1. The Bertz CT molecular complexity index is 1380. The van der Waals surface area contributed by atoms with Crippen molar-refractivity contribution in [1.82, 2.24) is 4.98 Å². The van der Waals surface area contributed by atoms with Crippen LogP contribution in [0.2, 0.25) is 0 Å². The van der Waals surface area contributed by atoms with Gasteiger partial charge < -0.3 is 15.7 Å². The maximum Gasteiger partial charge on any atom is 0.170 e. The quantitative estimate of drug-likeness (QED) is 0.0821. The number of nitrogens with zero attached hydrogens (tertiary/aromatic N) is 2. The van der Waals surface area contributed by atoms with Crippen molar-refractivity contribution in [1.29, 1.82) is 0 Å². The molecule has 0 aliphatic heterocycles. The number of halogens is 2. The number of aromatic nitrogens is 1. The van der Waals surface area contributed by atoms with Crippen molar-refractivity contribution in [2.45, 2.75) is 18.7 Å². The van der Waals surface area contributed by atoms with E-state index in [0.717, 1.165) is 34.5 Å². The molecule has 4 rings (SSSR count). The van der Waals surface area contributed by atoms with Crippen LogP contribution >= 0.6 is 11.9 Å². The van der Waals surface area contributed by atoms with Gasteiger partial charge in [-0.2, -0.15) is 0 Å². The van der Waals surface area contributed by atoms with E-state index in [1.54, 1.807) is 24.3 Å². The van der Waals surface area contributed by atoms with E-state index >= 15 is 0 Å². The van der Waals surface area contributed by atoms with E-state index in [9.17, 15) is 8.78 Å². The van der Waals surface area contributed by atoms with Crippen LogP contribution in [0, 0.1) is 23.5 Å². The predicted octanol–water partition coefficient (Wildman–Crippen LogP) is 6.15. The predicted molar refractivity (Wildman–Crippen MR) is 134 cm³/mol. The number of rotatable bonds is 4. The van der Waals surface area contributed by atoms with Gasteiger partial charge in [0.05, 0.1) is 5.52 Å². The number of para-hydroxylation sites is 1. The van der Waals surface area contributed by atoms with Crippen LogP contribution in [0.15, 0.2) is 82.8 Å². The zero-order valence-corrected chi connectivity index (χ0v) is 19.3. The Balaban J connectivity index is 0.00000158. The van der Waals surface area contributed by atoms with Crippen molar-refractivity contribution in [2.24, 2.45) is 10.9 Å². The van der Waals surface area contributed by atoms with Gasteiger partial charge in [0.2, 0.25) is 0 Å². The minimum atomic E-state index is -0.651. The van der Waals surface area contributed by atoms with Crippen molar-refractivity contribution in [3.63, 3.8) is 0 Å². The van der Waals surface area contributed by atoms with Gasteiger partial charge in [0.25, 0.3) is 0 Å². The first kappa shape index (κ1) is 24.6. The molecule has 1 heterocycles. The molecule has 5 nitrogen and oxygen atoms in total. The largest absolute Gasteiger partial charge is 0.409 e. The fraction of sp³-hybridized carbons (Fsp3) is 0.0769. The number of hydrogen-bond acceptors (Lipinski definition) is 5. The van der Waals surface area contributed by atoms with E-state index in [1.165, 1.54) is 12.1 Å². The molecular formula is C26H22F2N4OS. The number of anilines is 1. The summed E-state index contributed by atoms with van der Waals surface area (Å²) in [5.41, 5.74) is 8.34. The highest BCUT2D eigenvalue weighted by atomic mass is 32.2. The second-order valence-corrected chi connectivity index (χ2v) is 7.58. The molecule has 1 aromatic heterocycles. The Morgan fingerprint density at radius 1 is 0.971 bits per heavy atom. The molecule has 0 atom stereocenters. The van der Waals surface area contributed by atoms with Crippen molar-refractivity contribution in [2.75, 3.05) is 4.72 Å². The average Bonchev–Trinajstić information content (AvgIpc) is 2.86. The molecule has 0 aliphatic rings. The first-order chi connectivity index (χ1) is 16.5. The van der Waals surface area contributed by atoms with Crippen molar-refractivity contribution in [3.05, 3.63) is 101 Å². The molecule has 0 bridgehead atoms. The lowest BCUT2D eigenvalue weighted by molar-refractivity contribution is 0.318. The maximum absolute atomic E-state index is 13.4. The molecule has 34 heavy (non-hydrogen) atoms. The number of benzene rings is 3. The summed E-state index contributed by atoms with van der Waals surface area (Å²) < 4.78 is 29.9. The fourth-order valence-corrected chi connectivity index (χ4v) is 3.65. The molecular weight excluding hydrogens is 454 g/mol. The first-order valence-corrected chi connectivity index (χ1v) is 11.2. The number of oxime groups is 1. The zero-order valence-electron chi connectivity index (χ0n) is 18.5. The molecule has 0 spiro atoms. The molecule has 0 saturated carbocycles. The van der Waals surface area contributed by atoms with Crippen LogP contribution < -0.4 is 10.5 Å². The number of nitrogens with one attached hydrogen (secondary N) is 1. The van der Waals surface area contributed by atoms with Gasteiger partial charge in [0.15, 0.2) is 5.84 Å². The normalized spacial score (nSPS) is 10.6. The molecule has 172 valence electrons. The Kier molecular flexibility index (Phi) is 8.43. The summed E-state index contributed by atoms with van der Waals surface area (Å²) in [7, 11) is 0. The van der Waals surface area contributed by atoms with Gasteiger partial charge in [-0.25, -0.2) is 13.8 Å². The number of nitrogens with two attached hydrogens (primary N) is 1. The van der Waals surface area contributed by atoms with E-state index in [0.29, 0.717) is 21.8 Å². The zero-order chi connectivity index (χ0) is 24.5. The second-order valence-electron chi connectivity index (χ2n) is 6.70. The van der Waals surface area contributed by atoms with Crippen LogP contribution in [-0.2, 0) is 0 Å². The van der Waals surface area contributed by atoms with E-state index in [2.05, 4.69) is 26.7 Å². The summed E-state index contributed by atoms with van der Waals surface area (Å²) in [5.74, 6) is 5.42. The Labute approximate surface area is 200 Å². The van der Waals surface area contributed by atoms with Crippen molar-refractivity contribution < 1.29 is 14.0 Å². The van der Waals surface area contributed by atoms with Gasteiger partial charge in [0.1, 0.15) is 17.5 Å². The van der Waals surface area contributed by atoms with Crippen LogP contribution in [-0.4, -0.2) is 16.0 Å². The van der Waals surface area contributed by atoms with Gasteiger partial charge in [-0.1, -0.05) is 61.2 Å². The summed E-state index contributed by atoms with van der Waals surface area (Å²) >= 11 is 1.05. The lowest BCUT2D eigenvalue weighted by Crippen LogP contribution is -2.12. The van der Waals surface area contributed by atoms with Crippen molar-refractivity contribution in [3.8, 4) is 11.8 Å². The number of pyridine rings is 1. The third-order valence-corrected chi connectivity index (χ3v) is 5.22. The Hall–Kier alpha value is -4.09. The summed E-state index contributed by atoms with van der Waals surface area (Å²) in [4.78, 5) is 4.93. The second kappa shape index (κ2) is 11.7. The third-order valence-electron chi connectivity index (χ3n) is 4.43. The smallest absolute Gasteiger partial charge is 0.170 e. The average molecular weight is 477 g/mol. The van der Waals surface area contributed by atoms with Crippen LogP contribution in [0.5, 0.6) is 0 Å². The minimum Gasteiger partial charge on any atom is -0.409 e. The Morgan fingerprint density at radius 3 is 2.44 bits per heavy atom. The van der Waals surface area contributed by atoms with Gasteiger partial charge in [-0.05, 0) is 48.3 Å². The molecule has 0 saturated heterocycles. The van der Waals surface area contributed by atoms with E-state index < -0.39 is 11.6 Å². The third kappa shape index (κ3) is 6.24. The summed E-state index contributed by atoms with van der Waals surface area (Å²) in [6, 6.07) is 19.6. The summed E-state index contributed by atoms with van der Waals surface area (Å²) in [6.07, 6.45) is 0. The molecule has 0 radical (unpaired) electrons. The minimum absolute atomic E-state index is 0.000285.